The van der Waals surface area contributed by atoms with E-state index in [1.54, 1.807) is 0 Å². The lowest BCUT2D eigenvalue weighted by molar-refractivity contribution is 0.299. The maximum absolute atomic E-state index is 8.56. The second-order valence-corrected chi connectivity index (χ2v) is 5.00. The first-order chi connectivity index (χ1) is 10.6. The third-order valence-corrected chi connectivity index (χ3v) is 3.37. The summed E-state index contributed by atoms with van der Waals surface area (Å²) in [6, 6.07) is 19.0. The van der Waals surface area contributed by atoms with Gasteiger partial charge in [0, 0.05) is 34.4 Å². The van der Waals surface area contributed by atoms with Crippen LogP contribution in [0.2, 0.25) is 0 Å². The first-order valence-corrected chi connectivity index (χ1v) is 7.10. The lowest BCUT2D eigenvalue weighted by Gasteiger charge is -2.03. The molecular weight excluding hydrogens is 274 g/mol. The van der Waals surface area contributed by atoms with Crippen LogP contribution in [0.5, 0.6) is 0 Å². The molecule has 0 radical (unpaired) electrons. The Morgan fingerprint density at radius 2 is 1.18 bits per heavy atom. The third kappa shape index (κ3) is 3.90. The Balaban J connectivity index is 0.000000164. The number of anilines is 3. The molecule has 7 N–H and O–H groups in total. The number of fused-ring (bicyclic) bond motifs is 1. The molecule has 3 rings (SSSR count). The Labute approximate surface area is 130 Å². The molecule has 3 aromatic carbocycles. The van der Waals surface area contributed by atoms with Gasteiger partial charge in [-0.3, -0.25) is 0 Å². The van der Waals surface area contributed by atoms with E-state index < -0.39 is 0 Å². The molecule has 114 valence electrons. The smallest absolute Gasteiger partial charge is 0.0471 e. The van der Waals surface area contributed by atoms with Crippen LogP contribution in [0.25, 0.3) is 10.8 Å². The molecule has 0 amide bonds. The topological polar surface area (TPSA) is 98.3 Å². The Morgan fingerprint density at radius 1 is 0.682 bits per heavy atom. The van der Waals surface area contributed by atoms with Crippen LogP contribution in [0.15, 0.2) is 60.7 Å². The van der Waals surface area contributed by atoms with Crippen LogP contribution in [0.4, 0.5) is 17.1 Å². The Kier molecular flexibility index (Phi) is 5.22. The highest BCUT2D eigenvalue weighted by molar-refractivity contribution is 6.00. The summed E-state index contributed by atoms with van der Waals surface area (Å²) in [4.78, 5) is 0. The largest absolute Gasteiger partial charge is 0.399 e. The number of hydrogen-bond acceptors (Lipinski definition) is 4. The number of nitrogen functional groups attached to an aromatic ring is 3. The van der Waals surface area contributed by atoms with Crippen LogP contribution in [0.1, 0.15) is 5.56 Å². The van der Waals surface area contributed by atoms with Gasteiger partial charge < -0.3 is 22.3 Å². The van der Waals surface area contributed by atoms with Crippen LogP contribution in [-0.2, 0) is 6.42 Å². The van der Waals surface area contributed by atoms with Gasteiger partial charge in [0.2, 0.25) is 0 Å². The zero-order chi connectivity index (χ0) is 15.9. The predicted octanol–water partition coefficient (Wildman–Crippen LogP) is 2.81. The maximum Gasteiger partial charge on any atom is 0.0471 e. The van der Waals surface area contributed by atoms with Crippen molar-refractivity contribution in [1.29, 1.82) is 0 Å². The summed E-state index contributed by atoms with van der Waals surface area (Å²) in [5.74, 6) is 0. The van der Waals surface area contributed by atoms with E-state index in [4.69, 9.17) is 22.3 Å². The van der Waals surface area contributed by atoms with Gasteiger partial charge in [-0.05, 0) is 36.2 Å². The number of nitrogens with two attached hydrogens (primary N) is 3. The first kappa shape index (κ1) is 15.7. The minimum atomic E-state index is 0.198. The van der Waals surface area contributed by atoms with Crippen molar-refractivity contribution in [2.24, 2.45) is 0 Å². The van der Waals surface area contributed by atoms with Crippen molar-refractivity contribution in [2.75, 3.05) is 23.8 Å². The van der Waals surface area contributed by atoms with E-state index in [1.165, 1.54) is 0 Å². The predicted molar refractivity (Wildman–Crippen MR) is 94.4 cm³/mol. The number of rotatable bonds is 2. The number of aliphatic hydroxyl groups excluding tert-OH is 1. The normalized spacial score (nSPS) is 10.0. The average Bonchev–Trinajstić information content (AvgIpc) is 2.54. The summed E-state index contributed by atoms with van der Waals surface area (Å²) in [5.41, 5.74) is 20.4. The van der Waals surface area contributed by atoms with Crippen molar-refractivity contribution < 1.29 is 5.11 Å². The van der Waals surface area contributed by atoms with Crippen molar-refractivity contribution in [1.82, 2.24) is 0 Å². The molecule has 0 aliphatic carbocycles. The summed E-state index contributed by atoms with van der Waals surface area (Å²) in [5, 5.41) is 10.6. The molecule has 0 aliphatic heterocycles. The third-order valence-electron chi connectivity index (χ3n) is 3.37. The molecule has 0 atom stereocenters. The maximum atomic E-state index is 8.56. The SMILES string of the molecule is Nc1ccc(CCO)cc1.Nc1ccc(N)c2ccccc12. The van der Waals surface area contributed by atoms with Gasteiger partial charge in [0.25, 0.3) is 0 Å². The first-order valence-electron chi connectivity index (χ1n) is 7.10. The van der Waals surface area contributed by atoms with E-state index in [9.17, 15) is 0 Å². The molecular formula is C18H21N3O. The van der Waals surface area contributed by atoms with E-state index in [0.717, 1.165) is 33.4 Å². The zero-order valence-corrected chi connectivity index (χ0v) is 12.4. The van der Waals surface area contributed by atoms with Gasteiger partial charge in [-0.15, -0.1) is 0 Å². The number of aliphatic hydroxyl groups is 1. The van der Waals surface area contributed by atoms with Gasteiger partial charge in [0.1, 0.15) is 0 Å². The molecule has 0 aromatic heterocycles. The summed E-state index contributed by atoms with van der Waals surface area (Å²) >= 11 is 0. The van der Waals surface area contributed by atoms with Gasteiger partial charge in [0.05, 0.1) is 0 Å². The molecule has 4 nitrogen and oxygen atoms in total. The minimum Gasteiger partial charge on any atom is -0.399 e. The molecule has 0 aliphatic rings. The molecule has 3 aromatic rings. The highest BCUT2D eigenvalue weighted by Crippen LogP contribution is 2.25. The van der Waals surface area contributed by atoms with Gasteiger partial charge in [-0.25, -0.2) is 0 Å². The summed E-state index contributed by atoms with van der Waals surface area (Å²) in [6.45, 7) is 0.198. The average molecular weight is 295 g/mol. The molecule has 0 heterocycles. The van der Waals surface area contributed by atoms with Gasteiger partial charge in [0.15, 0.2) is 0 Å². The van der Waals surface area contributed by atoms with Crippen LogP contribution >= 0.6 is 0 Å². The van der Waals surface area contributed by atoms with E-state index in [1.807, 2.05) is 60.7 Å². The lowest BCUT2D eigenvalue weighted by atomic mass is 10.1. The molecule has 0 saturated carbocycles. The van der Waals surface area contributed by atoms with Crippen molar-refractivity contribution in [3.05, 3.63) is 66.2 Å². The minimum absolute atomic E-state index is 0.198. The Hall–Kier alpha value is -2.72. The molecule has 0 unspecified atom stereocenters. The molecule has 0 spiro atoms. The second kappa shape index (κ2) is 7.33. The standard InChI is InChI=1S/C10H10N2.C8H11NO/c11-9-5-6-10(12)8-4-2-1-3-7(8)9;9-8-3-1-7(2-4-8)5-6-10/h1-6H,11-12H2;1-4,10H,5-6,9H2. The number of hydrogen-bond donors (Lipinski definition) is 4. The fourth-order valence-corrected chi connectivity index (χ4v) is 2.16. The van der Waals surface area contributed by atoms with Crippen LogP contribution in [0.3, 0.4) is 0 Å². The molecule has 4 heteroatoms. The van der Waals surface area contributed by atoms with Crippen molar-refractivity contribution >= 4 is 27.8 Å². The van der Waals surface area contributed by atoms with E-state index in [0.29, 0.717) is 6.42 Å². The van der Waals surface area contributed by atoms with Crippen LogP contribution in [0, 0.1) is 0 Å². The Bertz CT molecular complexity index is 698. The highest BCUT2D eigenvalue weighted by Gasteiger charge is 1.98. The molecule has 0 fully saturated rings. The Morgan fingerprint density at radius 3 is 1.64 bits per heavy atom. The molecule has 0 bridgehead atoms. The van der Waals surface area contributed by atoms with Crippen molar-refractivity contribution in [2.45, 2.75) is 6.42 Å². The van der Waals surface area contributed by atoms with E-state index >= 15 is 0 Å². The van der Waals surface area contributed by atoms with E-state index in [2.05, 4.69) is 0 Å². The van der Waals surface area contributed by atoms with Crippen molar-refractivity contribution in [3.8, 4) is 0 Å². The van der Waals surface area contributed by atoms with E-state index in [-0.39, 0.29) is 6.61 Å². The van der Waals surface area contributed by atoms with Gasteiger partial charge in [-0.1, -0.05) is 36.4 Å². The van der Waals surface area contributed by atoms with Gasteiger partial charge in [-0.2, -0.15) is 0 Å². The zero-order valence-electron chi connectivity index (χ0n) is 12.4. The summed E-state index contributed by atoms with van der Waals surface area (Å²) in [7, 11) is 0. The highest BCUT2D eigenvalue weighted by atomic mass is 16.2. The second-order valence-electron chi connectivity index (χ2n) is 5.00. The monoisotopic (exact) mass is 295 g/mol. The molecule has 0 saturated heterocycles. The summed E-state index contributed by atoms with van der Waals surface area (Å²) in [6.07, 6.45) is 0.709. The fraction of sp³-hybridized carbons (Fsp3) is 0.111. The van der Waals surface area contributed by atoms with Gasteiger partial charge >= 0.3 is 0 Å². The summed E-state index contributed by atoms with van der Waals surface area (Å²) < 4.78 is 0. The lowest BCUT2D eigenvalue weighted by Crippen LogP contribution is -1.91. The van der Waals surface area contributed by atoms with Crippen molar-refractivity contribution in [3.63, 3.8) is 0 Å². The fourth-order valence-electron chi connectivity index (χ4n) is 2.16. The van der Waals surface area contributed by atoms with Crippen LogP contribution < -0.4 is 17.2 Å². The van der Waals surface area contributed by atoms with Crippen LogP contribution in [-0.4, -0.2) is 11.7 Å². The number of benzene rings is 3. The quantitative estimate of drug-likeness (QED) is 0.546. The molecule has 22 heavy (non-hydrogen) atoms.